The summed E-state index contributed by atoms with van der Waals surface area (Å²) in [5.74, 6) is -2.41. The third-order valence-electron chi connectivity index (χ3n) is 3.94. The molecule has 2 aliphatic rings. The Morgan fingerprint density at radius 2 is 1.90 bits per heavy atom. The summed E-state index contributed by atoms with van der Waals surface area (Å²) in [6, 6.07) is 2.61. The van der Waals surface area contributed by atoms with Crippen molar-refractivity contribution in [3.8, 4) is 0 Å². The van der Waals surface area contributed by atoms with E-state index in [0.29, 0.717) is 18.2 Å². The third-order valence-corrected chi connectivity index (χ3v) is 5.85. The van der Waals surface area contributed by atoms with Crippen LogP contribution >= 0.6 is 0 Å². The first-order chi connectivity index (χ1) is 9.89. The first-order valence-corrected chi connectivity index (χ1v) is 8.53. The van der Waals surface area contributed by atoms with Crippen molar-refractivity contribution in [3.05, 3.63) is 29.3 Å². The van der Waals surface area contributed by atoms with Gasteiger partial charge in [-0.2, -0.15) is 4.31 Å². The predicted molar refractivity (Wildman–Crippen MR) is 74.2 cm³/mol. The second-order valence-electron chi connectivity index (χ2n) is 5.80. The molecule has 1 aromatic carbocycles. The molecule has 0 amide bonds. The number of rotatable bonds is 6. The molecule has 1 N–H and O–H groups in total. The van der Waals surface area contributed by atoms with E-state index >= 15 is 0 Å². The summed E-state index contributed by atoms with van der Waals surface area (Å²) < 4.78 is 53.6. The second-order valence-corrected chi connectivity index (χ2v) is 7.76. The van der Waals surface area contributed by atoms with E-state index in [1.807, 2.05) is 0 Å². The minimum atomic E-state index is -3.98. The van der Waals surface area contributed by atoms with Crippen molar-refractivity contribution in [2.24, 2.45) is 0 Å². The van der Waals surface area contributed by atoms with Gasteiger partial charge < -0.3 is 5.32 Å². The van der Waals surface area contributed by atoms with E-state index in [1.54, 1.807) is 0 Å². The molecular formula is C14H18F2N2O2S. The van der Waals surface area contributed by atoms with Crippen LogP contribution in [0.1, 0.15) is 31.2 Å². The van der Waals surface area contributed by atoms with E-state index in [4.69, 9.17) is 0 Å². The first-order valence-electron chi connectivity index (χ1n) is 7.09. The van der Waals surface area contributed by atoms with Gasteiger partial charge in [0.15, 0.2) is 11.6 Å². The van der Waals surface area contributed by atoms with Gasteiger partial charge in [-0.25, -0.2) is 17.2 Å². The highest BCUT2D eigenvalue weighted by atomic mass is 32.2. The van der Waals surface area contributed by atoms with Gasteiger partial charge in [0.05, 0.1) is 0 Å². The lowest BCUT2D eigenvalue weighted by atomic mass is 10.2. The minimum absolute atomic E-state index is 0.0919. The molecule has 116 valence electrons. The number of halogens is 2. The van der Waals surface area contributed by atoms with Crippen molar-refractivity contribution in [1.29, 1.82) is 0 Å². The summed E-state index contributed by atoms with van der Waals surface area (Å²) in [4.78, 5) is -0.565. The third kappa shape index (κ3) is 3.09. The maximum atomic E-state index is 13.9. The Balaban J connectivity index is 1.91. The molecule has 1 aromatic rings. The van der Waals surface area contributed by atoms with E-state index < -0.39 is 26.6 Å². The summed E-state index contributed by atoms with van der Waals surface area (Å²) in [6.45, 7) is 0.345. The first kappa shape index (κ1) is 14.9. The van der Waals surface area contributed by atoms with Crippen molar-refractivity contribution in [2.75, 3.05) is 7.05 Å². The van der Waals surface area contributed by atoms with Gasteiger partial charge in [-0.15, -0.1) is 0 Å². The standard InChI is InChI=1S/C14H18F2N2O2S/c1-18(11-4-5-11)21(19,20)13-7-9(6-12(15)14(13)16)8-17-10-2-3-10/h6-7,10-11,17H,2-5,8H2,1H3. The number of hydrogen-bond donors (Lipinski definition) is 1. The van der Waals surface area contributed by atoms with E-state index in [9.17, 15) is 17.2 Å². The summed E-state index contributed by atoms with van der Waals surface area (Å²) in [5, 5.41) is 3.17. The smallest absolute Gasteiger partial charge is 0.246 e. The van der Waals surface area contributed by atoms with Gasteiger partial charge in [0.1, 0.15) is 4.90 Å². The van der Waals surface area contributed by atoms with Crippen LogP contribution in [0.25, 0.3) is 0 Å². The minimum Gasteiger partial charge on any atom is -0.310 e. The van der Waals surface area contributed by atoms with Gasteiger partial charge in [-0.05, 0) is 43.4 Å². The normalized spacial score (nSPS) is 19.2. The van der Waals surface area contributed by atoms with E-state index in [0.717, 1.165) is 36.1 Å². The molecule has 2 fully saturated rings. The molecule has 7 heteroatoms. The van der Waals surface area contributed by atoms with Gasteiger partial charge >= 0.3 is 0 Å². The van der Waals surface area contributed by atoms with E-state index in [1.165, 1.54) is 13.1 Å². The molecule has 3 rings (SSSR count). The molecule has 2 saturated carbocycles. The lowest BCUT2D eigenvalue weighted by molar-refractivity contribution is 0.444. The number of sulfonamides is 1. The zero-order chi connectivity index (χ0) is 15.2. The highest BCUT2D eigenvalue weighted by molar-refractivity contribution is 7.89. The monoisotopic (exact) mass is 316 g/mol. The number of nitrogens with one attached hydrogen (secondary N) is 1. The number of benzene rings is 1. The fourth-order valence-corrected chi connectivity index (χ4v) is 3.78. The maximum absolute atomic E-state index is 13.9. The molecule has 2 aliphatic carbocycles. The molecule has 0 radical (unpaired) electrons. The second kappa shape index (κ2) is 5.30. The van der Waals surface area contributed by atoms with Crippen LogP contribution in [0.2, 0.25) is 0 Å². The largest absolute Gasteiger partial charge is 0.310 e. The average Bonchev–Trinajstić information content (AvgIpc) is 3.31. The van der Waals surface area contributed by atoms with Gasteiger partial charge in [-0.1, -0.05) is 0 Å². The summed E-state index contributed by atoms with van der Waals surface area (Å²) in [6.07, 6.45) is 3.67. The number of hydrogen-bond acceptors (Lipinski definition) is 3. The fraction of sp³-hybridized carbons (Fsp3) is 0.571. The molecule has 0 aliphatic heterocycles. The van der Waals surface area contributed by atoms with E-state index in [-0.39, 0.29) is 6.04 Å². The van der Waals surface area contributed by atoms with Crippen molar-refractivity contribution < 1.29 is 17.2 Å². The summed E-state index contributed by atoms with van der Waals surface area (Å²) in [5.41, 5.74) is 0.448. The van der Waals surface area contributed by atoms with Crippen LogP contribution in [0.5, 0.6) is 0 Å². The Labute approximate surface area is 123 Å². The molecule has 0 aromatic heterocycles. The molecule has 0 unspecified atom stereocenters. The highest BCUT2D eigenvalue weighted by Gasteiger charge is 2.37. The lowest BCUT2D eigenvalue weighted by Gasteiger charge is -2.18. The molecule has 0 bridgehead atoms. The Kier molecular flexibility index (Phi) is 3.75. The van der Waals surface area contributed by atoms with Crippen molar-refractivity contribution in [3.63, 3.8) is 0 Å². The Morgan fingerprint density at radius 3 is 2.48 bits per heavy atom. The average molecular weight is 316 g/mol. The molecule has 21 heavy (non-hydrogen) atoms. The van der Waals surface area contributed by atoms with Crippen molar-refractivity contribution in [2.45, 2.75) is 49.2 Å². The lowest BCUT2D eigenvalue weighted by Crippen LogP contribution is -2.30. The molecule has 4 nitrogen and oxygen atoms in total. The van der Waals surface area contributed by atoms with Crippen LogP contribution in [0.4, 0.5) is 8.78 Å². The van der Waals surface area contributed by atoms with E-state index in [2.05, 4.69) is 5.32 Å². The van der Waals surface area contributed by atoms with Crippen LogP contribution in [-0.2, 0) is 16.6 Å². The van der Waals surface area contributed by atoms with Crippen LogP contribution in [0.15, 0.2) is 17.0 Å². The topological polar surface area (TPSA) is 49.4 Å². The maximum Gasteiger partial charge on any atom is 0.246 e. The summed E-state index contributed by atoms with van der Waals surface area (Å²) in [7, 11) is -2.57. The Morgan fingerprint density at radius 1 is 1.24 bits per heavy atom. The zero-order valence-corrected chi connectivity index (χ0v) is 12.6. The van der Waals surface area contributed by atoms with Crippen LogP contribution in [-0.4, -0.2) is 31.9 Å². The Bertz CT molecular complexity index is 655. The SMILES string of the molecule is CN(C1CC1)S(=O)(=O)c1cc(CNC2CC2)cc(F)c1F. The molecule has 0 atom stereocenters. The molecule has 0 spiro atoms. The van der Waals surface area contributed by atoms with Gasteiger partial charge in [0.25, 0.3) is 0 Å². The zero-order valence-electron chi connectivity index (χ0n) is 11.8. The molecule has 0 saturated heterocycles. The predicted octanol–water partition coefficient (Wildman–Crippen LogP) is 2.00. The van der Waals surface area contributed by atoms with Crippen LogP contribution < -0.4 is 5.32 Å². The highest BCUT2D eigenvalue weighted by Crippen LogP contribution is 2.32. The quantitative estimate of drug-likeness (QED) is 0.873. The van der Waals surface area contributed by atoms with Crippen LogP contribution in [0, 0.1) is 11.6 Å². The summed E-state index contributed by atoms with van der Waals surface area (Å²) >= 11 is 0. The number of nitrogens with zero attached hydrogens (tertiary/aromatic N) is 1. The Hall–Kier alpha value is -1.05. The van der Waals surface area contributed by atoms with Gasteiger partial charge in [0, 0.05) is 25.7 Å². The molecular weight excluding hydrogens is 298 g/mol. The van der Waals surface area contributed by atoms with Crippen molar-refractivity contribution >= 4 is 10.0 Å². The van der Waals surface area contributed by atoms with Gasteiger partial charge in [0.2, 0.25) is 10.0 Å². The van der Waals surface area contributed by atoms with Crippen LogP contribution in [0.3, 0.4) is 0 Å². The molecule has 0 heterocycles. The van der Waals surface area contributed by atoms with Crippen molar-refractivity contribution in [1.82, 2.24) is 9.62 Å². The van der Waals surface area contributed by atoms with Gasteiger partial charge in [-0.3, -0.25) is 0 Å². The fourth-order valence-electron chi connectivity index (χ4n) is 2.25.